The predicted octanol–water partition coefficient (Wildman–Crippen LogP) is 0.851. The summed E-state index contributed by atoms with van der Waals surface area (Å²) in [6.07, 6.45) is 3.16. The Labute approximate surface area is 73.4 Å². The number of benzene rings is 1. The third kappa shape index (κ3) is 0.735. The van der Waals surface area contributed by atoms with E-state index in [4.69, 9.17) is 0 Å². The number of para-hydroxylation sites is 1. The third-order valence-electron chi connectivity index (χ3n) is 2.05. The van der Waals surface area contributed by atoms with Crippen molar-refractivity contribution in [3.05, 3.63) is 35.2 Å². The van der Waals surface area contributed by atoms with Gasteiger partial charge in [-0.15, -0.1) is 5.10 Å². The minimum atomic E-state index is 0.655. The highest BCUT2D eigenvalue weighted by Gasteiger charge is 2.10. The van der Waals surface area contributed by atoms with E-state index in [1.165, 1.54) is 11.0 Å². The lowest BCUT2D eigenvalue weighted by Gasteiger charge is -2.28. The molecule has 0 aliphatic carbocycles. The Balaban J connectivity index is 2.51. The fraction of sp³-hybridized carbons (Fsp3) is 0. The van der Waals surface area contributed by atoms with Gasteiger partial charge in [-0.05, 0) is 17.4 Å². The van der Waals surface area contributed by atoms with E-state index in [1.807, 2.05) is 18.2 Å². The first-order valence-electron chi connectivity index (χ1n) is 3.85. The molecule has 0 amide bonds. The van der Waals surface area contributed by atoms with E-state index in [0.29, 0.717) is 5.17 Å². The van der Waals surface area contributed by atoms with E-state index in [9.17, 15) is 5.21 Å². The van der Waals surface area contributed by atoms with Crippen LogP contribution in [0.2, 0.25) is 0 Å². The Morgan fingerprint density at radius 1 is 1.31 bits per heavy atom. The fourth-order valence-electron chi connectivity index (χ4n) is 1.46. The summed E-state index contributed by atoms with van der Waals surface area (Å²) in [5, 5.41) is 19.5. The number of aromatic nitrogens is 3. The molecule has 1 aliphatic heterocycles. The van der Waals surface area contributed by atoms with Gasteiger partial charge >= 0.3 is 0 Å². The minimum absolute atomic E-state index is 0.655. The molecule has 0 atom stereocenters. The zero-order valence-corrected chi connectivity index (χ0v) is 6.58. The van der Waals surface area contributed by atoms with Crippen LogP contribution in [0.5, 0.6) is 0 Å². The molecule has 1 aromatic heterocycles. The lowest BCUT2D eigenvalue weighted by atomic mass is 10.1. The van der Waals surface area contributed by atoms with Gasteiger partial charge in [-0.25, -0.2) is 0 Å². The normalized spacial score (nSPS) is 14.1. The van der Waals surface area contributed by atoms with Crippen LogP contribution in [0.25, 0.3) is 17.1 Å². The summed E-state index contributed by atoms with van der Waals surface area (Å²) in [6, 6.07) is 5.64. The zero-order valence-electron chi connectivity index (χ0n) is 6.58. The van der Waals surface area contributed by atoms with Crippen LogP contribution in [0.3, 0.4) is 0 Å². The second-order valence-electron chi connectivity index (χ2n) is 2.81. The zero-order chi connectivity index (χ0) is 8.84. The van der Waals surface area contributed by atoms with Gasteiger partial charge in [0.2, 0.25) is 0 Å². The summed E-state index contributed by atoms with van der Waals surface area (Å²) in [5.41, 5.74) is 2.47. The quantitative estimate of drug-likeness (QED) is 0.592. The monoisotopic (exact) mass is 173 g/mol. The second kappa shape index (κ2) is 2.08. The molecule has 3 rings (SSSR count). The van der Waals surface area contributed by atoms with Gasteiger partial charge in [-0.2, -0.15) is 4.79 Å². The standard InChI is InChI=1S/C8H5N4O/c13-11-5-4-6-2-1-3-7-8(6)12(11)10-9-7/h1-5H/q-1. The minimum Gasteiger partial charge on any atom is -0.737 e. The highest BCUT2D eigenvalue weighted by atomic mass is 16.5. The smallest absolute Gasteiger partial charge is 0.119 e. The lowest BCUT2D eigenvalue weighted by Crippen LogP contribution is -2.25. The van der Waals surface area contributed by atoms with Gasteiger partial charge in [0.05, 0.1) is 0 Å². The van der Waals surface area contributed by atoms with Crippen LogP contribution in [-0.2, 0) is 0 Å². The fourth-order valence-corrected chi connectivity index (χ4v) is 1.46. The van der Waals surface area contributed by atoms with Gasteiger partial charge in [0.15, 0.2) is 0 Å². The highest BCUT2D eigenvalue weighted by molar-refractivity contribution is 5.86. The molecule has 5 nitrogen and oxygen atoms in total. The lowest BCUT2D eigenvalue weighted by molar-refractivity contribution is 0.672. The van der Waals surface area contributed by atoms with Crippen LogP contribution < -0.4 is 5.17 Å². The molecule has 13 heavy (non-hydrogen) atoms. The van der Waals surface area contributed by atoms with Gasteiger partial charge in [0.1, 0.15) is 11.0 Å². The van der Waals surface area contributed by atoms with Crippen molar-refractivity contribution in [3.8, 4) is 0 Å². The molecule has 2 heterocycles. The molecule has 0 bridgehead atoms. The number of hydroxylamine groups is 1. The van der Waals surface area contributed by atoms with Crippen molar-refractivity contribution in [1.29, 1.82) is 0 Å². The molecule has 64 valence electrons. The van der Waals surface area contributed by atoms with Crippen LogP contribution in [0.4, 0.5) is 0 Å². The van der Waals surface area contributed by atoms with Crippen molar-refractivity contribution in [2.24, 2.45) is 0 Å². The number of hydrogen-bond donors (Lipinski definition) is 0. The van der Waals surface area contributed by atoms with E-state index >= 15 is 0 Å². The molecule has 0 saturated carbocycles. The number of rotatable bonds is 0. The van der Waals surface area contributed by atoms with Crippen LogP contribution in [0.1, 0.15) is 5.56 Å². The van der Waals surface area contributed by atoms with Gasteiger partial charge in [0, 0.05) is 11.8 Å². The molecule has 2 aromatic rings. The van der Waals surface area contributed by atoms with Gasteiger partial charge in [-0.3, -0.25) is 0 Å². The van der Waals surface area contributed by atoms with Crippen LogP contribution in [0, 0.1) is 5.21 Å². The molecular formula is C8H5N4O-. The van der Waals surface area contributed by atoms with Crippen LogP contribution in [-0.4, -0.2) is 15.1 Å². The Bertz CT molecular complexity index is 502. The Kier molecular flexibility index (Phi) is 1.06. The first-order valence-corrected chi connectivity index (χ1v) is 3.85. The number of nitrogens with zero attached hydrogens (tertiary/aromatic N) is 4. The van der Waals surface area contributed by atoms with Gasteiger partial charge < -0.3 is 10.4 Å². The van der Waals surface area contributed by atoms with E-state index in [-0.39, 0.29) is 0 Å². The van der Waals surface area contributed by atoms with E-state index in [1.54, 1.807) is 6.08 Å². The molecule has 0 fully saturated rings. The topological polar surface area (TPSA) is 57.0 Å². The molecule has 0 saturated heterocycles. The van der Waals surface area contributed by atoms with Crippen molar-refractivity contribution >= 4 is 17.1 Å². The highest BCUT2D eigenvalue weighted by Crippen LogP contribution is 2.21. The average molecular weight is 173 g/mol. The second-order valence-corrected chi connectivity index (χ2v) is 2.81. The van der Waals surface area contributed by atoms with Gasteiger partial charge in [-0.1, -0.05) is 12.1 Å². The van der Waals surface area contributed by atoms with E-state index in [0.717, 1.165) is 16.6 Å². The Morgan fingerprint density at radius 3 is 3.15 bits per heavy atom. The van der Waals surface area contributed by atoms with Crippen molar-refractivity contribution in [3.63, 3.8) is 0 Å². The molecule has 0 N–H and O–H groups in total. The van der Waals surface area contributed by atoms with Crippen LogP contribution >= 0.6 is 0 Å². The summed E-state index contributed by atoms with van der Waals surface area (Å²) in [4.78, 5) is 1.24. The summed E-state index contributed by atoms with van der Waals surface area (Å²) in [5.74, 6) is 0. The molecule has 0 radical (unpaired) electrons. The van der Waals surface area contributed by atoms with Crippen molar-refractivity contribution in [2.45, 2.75) is 0 Å². The molecule has 1 aliphatic rings. The van der Waals surface area contributed by atoms with Crippen molar-refractivity contribution in [2.75, 3.05) is 5.17 Å². The Hall–Kier alpha value is -1.88. The number of hydrogen-bond acceptors (Lipinski definition) is 4. The first-order chi connectivity index (χ1) is 6.36. The Morgan fingerprint density at radius 2 is 2.23 bits per heavy atom. The van der Waals surface area contributed by atoms with E-state index in [2.05, 4.69) is 10.3 Å². The maximum Gasteiger partial charge on any atom is 0.119 e. The van der Waals surface area contributed by atoms with Crippen molar-refractivity contribution < 1.29 is 0 Å². The third-order valence-corrected chi connectivity index (χ3v) is 2.05. The average Bonchev–Trinajstić information content (AvgIpc) is 2.57. The van der Waals surface area contributed by atoms with Crippen molar-refractivity contribution in [1.82, 2.24) is 15.1 Å². The summed E-state index contributed by atoms with van der Waals surface area (Å²) < 4.78 is 0. The summed E-state index contributed by atoms with van der Waals surface area (Å²) in [6.45, 7) is 0. The maximum atomic E-state index is 11.2. The SMILES string of the molecule is [O-]N1C=Cc2cccc3nnn1c23. The molecule has 0 unspecified atom stereocenters. The first kappa shape index (κ1) is 6.62. The summed E-state index contributed by atoms with van der Waals surface area (Å²) in [7, 11) is 0. The molecular weight excluding hydrogens is 168 g/mol. The molecule has 1 aromatic carbocycles. The largest absolute Gasteiger partial charge is 0.737 e. The molecule has 5 heteroatoms. The molecule has 0 spiro atoms. The maximum absolute atomic E-state index is 11.2. The van der Waals surface area contributed by atoms with Crippen LogP contribution in [0.15, 0.2) is 24.4 Å². The van der Waals surface area contributed by atoms with E-state index < -0.39 is 0 Å². The predicted molar refractivity (Wildman–Crippen MR) is 48.1 cm³/mol. The summed E-state index contributed by atoms with van der Waals surface area (Å²) >= 11 is 0. The van der Waals surface area contributed by atoms with Gasteiger partial charge in [0.25, 0.3) is 0 Å².